The molecule has 0 spiro atoms. The Kier molecular flexibility index (Phi) is 5.33. The highest BCUT2D eigenvalue weighted by Gasteiger charge is 2.22. The number of carbonyl (C=O) groups is 1. The minimum atomic E-state index is -0.360. The van der Waals surface area contributed by atoms with Gasteiger partial charge in [-0.05, 0) is 44.6 Å². The van der Waals surface area contributed by atoms with E-state index in [4.69, 9.17) is 4.74 Å². The second-order valence-corrected chi connectivity index (χ2v) is 7.45. The van der Waals surface area contributed by atoms with Crippen LogP contribution >= 0.6 is 11.3 Å². The maximum absolute atomic E-state index is 12.9. The van der Waals surface area contributed by atoms with E-state index in [1.54, 1.807) is 18.3 Å². The Bertz CT molecular complexity index is 807. The number of hydrogen-bond donors (Lipinski definition) is 0. The monoisotopic (exact) mass is 348 g/mol. The fraction of sp³-hybridized carbons (Fsp3) is 0.611. The van der Waals surface area contributed by atoms with Crippen LogP contribution in [0.1, 0.15) is 55.3 Å². The molecule has 0 fully saturated rings. The van der Waals surface area contributed by atoms with Crippen LogP contribution in [0.5, 0.6) is 0 Å². The number of esters is 1. The summed E-state index contributed by atoms with van der Waals surface area (Å²) in [6.07, 6.45) is 7.26. The van der Waals surface area contributed by atoms with E-state index in [-0.39, 0.29) is 18.1 Å². The number of aryl methyl sites for hydroxylation is 3. The number of carbonyl (C=O) groups excluding carboxylic acids is 1. The predicted molar refractivity (Wildman–Crippen MR) is 95.7 cm³/mol. The van der Waals surface area contributed by atoms with Gasteiger partial charge in [0.25, 0.3) is 5.56 Å². The van der Waals surface area contributed by atoms with Gasteiger partial charge in [-0.1, -0.05) is 19.8 Å². The molecule has 0 aromatic carbocycles. The first-order valence-corrected chi connectivity index (χ1v) is 9.60. The lowest BCUT2D eigenvalue weighted by Gasteiger charge is -2.12. The maximum atomic E-state index is 12.9. The SMILES string of the molecule is CCCCCOC(=O)Cn1c(C)nc2sc3c(c2c1=O)CCCC3. The number of ether oxygens (including phenoxy) is 1. The molecule has 1 aliphatic carbocycles. The predicted octanol–water partition coefficient (Wildman–Crippen LogP) is 3.38. The van der Waals surface area contributed by atoms with Crippen molar-refractivity contribution in [2.75, 3.05) is 6.61 Å². The second kappa shape index (κ2) is 7.47. The van der Waals surface area contributed by atoms with Gasteiger partial charge in [-0.3, -0.25) is 14.2 Å². The first-order valence-electron chi connectivity index (χ1n) is 8.79. The molecule has 0 N–H and O–H groups in total. The Hall–Kier alpha value is -1.69. The van der Waals surface area contributed by atoms with Gasteiger partial charge in [-0.15, -0.1) is 11.3 Å². The van der Waals surface area contributed by atoms with Crippen molar-refractivity contribution in [1.82, 2.24) is 9.55 Å². The first kappa shape index (κ1) is 17.1. The highest BCUT2D eigenvalue weighted by atomic mass is 32.1. The molecule has 0 atom stereocenters. The smallest absolute Gasteiger partial charge is 0.326 e. The molecule has 0 amide bonds. The average molecular weight is 348 g/mol. The summed E-state index contributed by atoms with van der Waals surface area (Å²) < 4.78 is 6.70. The van der Waals surface area contributed by atoms with Gasteiger partial charge in [0.15, 0.2) is 0 Å². The Morgan fingerprint density at radius 3 is 2.88 bits per heavy atom. The molecule has 0 saturated heterocycles. The molecule has 0 unspecified atom stereocenters. The van der Waals surface area contributed by atoms with Gasteiger partial charge >= 0.3 is 5.97 Å². The number of aromatic nitrogens is 2. The zero-order valence-corrected chi connectivity index (χ0v) is 15.2. The van der Waals surface area contributed by atoms with Crippen molar-refractivity contribution < 1.29 is 9.53 Å². The molecular formula is C18H24N2O3S. The maximum Gasteiger partial charge on any atom is 0.326 e. The molecule has 5 nitrogen and oxygen atoms in total. The summed E-state index contributed by atoms with van der Waals surface area (Å²) >= 11 is 1.63. The van der Waals surface area contributed by atoms with E-state index in [9.17, 15) is 9.59 Å². The molecule has 24 heavy (non-hydrogen) atoms. The molecule has 2 aromatic heterocycles. The van der Waals surface area contributed by atoms with Gasteiger partial charge in [0.2, 0.25) is 0 Å². The van der Waals surface area contributed by atoms with Crippen molar-refractivity contribution in [3.05, 3.63) is 26.6 Å². The van der Waals surface area contributed by atoms with E-state index in [2.05, 4.69) is 11.9 Å². The average Bonchev–Trinajstić information content (AvgIpc) is 2.93. The van der Waals surface area contributed by atoms with E-state index in [1.165, 1.54) is 15.9 Å². The molecule has 0 saturated carbocycles. The van der Waals surface area contributed by atoms with Gasteiger partial charge in [-0.2, -0.15) is 0 Å². The third kappa shape index (κ3) is 3.38. The summed E-state index contributed by atoms with van der Waals surface area (Å²) in [6, 6.07) is 0. The fourth-order valence-electron chi connectivity index (χ4n) is 3.24. The molecular weight excluding hydrogens is 324 g/mol. The normalized spacial score (nSPS) is 13.9. The van der Waals surface area contributed by atoms with Crippen LogP contribution in [0.4, 0.5) is 0 Å². The first-order chi connectivity index (χ1) is 11.6. The second-order valence-electron chi connectivity index (χ2n) is 6.37. The van der Waals surface area contributed by atoms with Crippen molar-refractivity contribution in [1.29, 1.82) is 0 Å². The summed E-state index contributed by atoms with van der Waals surface area (Å²) in [5.41, 5.74) is 1.06. The van der Waals surface area contributed by atoms with E-state index in [1.807, 2.05) is 0 Å². The molecule has 130 valence electrons. The Morgan fingerprint density at radius 1 is 1.29 bits per heavy atom. The molecule has 3 rings (SSSR count). The highest BCUT2D eigenvalue weighted by Crippen LogP contribution is 2.33. The Labute approximate surface area is 145 Å². The van der Waals surface area contributed by atoms with Crippen molar-refractivity contribution in [2.45, 2.75) is 65.3 Å². The van der Waals surface area contributed by atoms with E-state index in [0.717, 1.165) is 54.3 Å². The third-order valence-electron chi connectivity index (χ3n) is 4.56. The molecule has 0 aliphatic heterocycles. The van der Waals surface area contributed by atoms with Crippen LogP contribution in [0.15, 0.2) is 4.79 Å². The number of hydrogen-bond acceptors (Lipinski definition) is 5. The van der Waals surface area contributed by atoms with Crippen LogP contribution in [-0.2, 0) is 28.9 Å². The molecule has 2 aromatic rings. The summed E-state index contributed by atoms with van der Waals surface area (Å²) in [5, 5.41) is 0.721. The van der Waals surface area contributed by atoms with Gasteiger partial charge in [0, 0.05) is 4.88 Å². The van der Waals surface area contributed by atoms with Crippen molar-refractivity contribution in [3.8, 4) is 0 Å². The fourth-order valence-corrected chi connectivity index (χ4v) is 4.54. The van der Waals surface area contributed by atoms with Crippen LogP contribution < -0.4 is 5.56 Å². The van der Waals surface area contributed by atoms with E-state index < -0.39 is 0 Å². The molecule has 0 radical (unpaired) electrons. The zero-order chi connectivity index (χ0) is 17.1. The summed E-state index contributed by atoms with van der Waals surface area (Å²) in [6.45, 7) is 4.26. The van der Waals surface area contributed by atoms with E-state index >= 15 is 0 Å². The van der Waals surface area contributed by atoms with Crippen LogP contribution in [0.2, 0.25) is 0 Å². The Morgan fingerprint density at radius 2 is 2.08 bits per heavy atom. The minimum absolute atomic E-state index is 0.0512. The molecule has 1 aliphatic rings. The lowest BCUT2D eigenvalue weighted by molar-refractivity contribution is -0.144. The van der Waals surface area contributed by atoms with Crippen molar-refractivity contribution in [2.24, 2.45) is 0 Å². The van der Waals surface area contributed by atoms with Gasteiger partial charge in [0.1, 0.15) is 17.2 Å². The standard InChI is InChI=1S/C18H24N2O3S/c1-3-4-7-10-23-15(21)11-20-12(2)19-17-16(18(20)22)13-8-5-6-9-14(13)24-17/h3-11H2,1-2H3. The van der Waals surface area contributed by atoms with Crippen molar-refractivity contribution >= 4 is 27.5 Å². The van der Waals surface area contributed by atoms with Crippen LogP contribution in [0.25, 0.3) is 10.2 Å². The topological polar surface area (TPSA) is 61.2 Å². The Balaban J connectivity index is 1.85. The number of rotatable bonds is 6. The lowest BCUT2D eigenvalue weighted by atomic mass is 9.97. The lowest BCUT2D eigenvalue weighted by Crippen LogP contribution is -2.28. The summed E-state index contributed by atoms with van der Waals surface area (Å²) in [5.74, 6) is 0.221. The summed E-state index contributed by atoms with van der Waals surface area (Å²) in [4.78, 5) is 31.6. The zero-order valence-electron chi connectivity index (χ0n) is 14.4. The third-order valence-corrected chi connectivity index (χ3v) is 5.75. The molecule has 0 bridgehead atoms. The number of thiophene rings is 1. The van der Waals surface area contributed by atoms with Gasteiger partial charge in [-0.25, -0.2) is 4.98 Å². The summed E-state index contributed by atoms with van der Waals surface area (Å²) in [7, 11) is 0. The number of fused-ring (bicyclic) bond motifs is 3. The van der Waals surface area contributed by atoms with Crippen LogP contribution in [0.3, 0.4) is 0 Å². The van der Waals surface area contributed by atoms with Crippen LogP contribution in [0, 0.1) is 6.92 Å². The number of unbranched alkanes of at least 4 members (excludes halogenated alkanes) is 2. The van der Waals surface area contributed by atoms with E-state index in [0.29, 0.717) is 12.4 Å². The molecule has 2 heterocycles. The van der Waals surface area contributed by atoms with Gasteiger partial charge < -0.3 is 4.74 Å². The largest absolute Gasteiger partial charge is 0.464 e. The van der Waals surface area contributed by atoms with Crippen LogP contribution in [-0.4, -0.2) is 22.1 Å². The highest BCUT2D eigenvalue weighted by molar-refractivity contribution is 7.18. The molecule has 6 heteroatoms. The van der Waals surface area contributed by atoms with Crippen molar-refractivity contribution in [3.63, 3.8) is 0 Å². The number of nitrogens with zero attached hydrogens (tertiary/aromatic N) is 2. The quantitative estimate of drug-likeness (QED) is 0.593. The minimum Gasteiger partial charge on any atom is -0.464 e. The van der Waals surface area contributed by atoms with Gasteiger partial charge in [0.05, 0.1) is 12.0 Å².